The average molecular weight is 360 g/mol. The molecule has 0 amide bonds. The first-order valence-corrected chi connectivity index (χ1v) is 8.26. The van der Waals surface area contributed by atoms with Crippen molar-refractivity contribution in [3.05, 3.63) is 63.7 Å². The van der Waals surface area contributed by atoms with E-state index in [4.69, 9.17) is 12.2 Å². The summed E-state index contributed by atoms with van der Waals surface area (Å²) >= 11 is 6.25. The molecule has 24 heavy (non-hydrogen) atoms. The summed E-state index contributed by atoms with van der Waals surface area (Å²) in [6.45, 7) is 2.00. The van der Waals surface area contributed by atoms with Crippen molar-refractivity contribution in [2.45, 2.75) is 16.7 Å². The highest BCUT2D eigenvalue weighted by Gasteiger charge is 2.15. The molecule has 8 heteroatoms. The number of hydrazone groups is 1. The predicted octanol–water partition coefficient (Wildman–Crippen LogP) is 3.48. The summed E-state index contributed by atoms with van der Waals surface area (Å²) in [5.41, 5.74) is 4.40. The first-order chi connectivity index (χ1) is 11.5. The number of thiocarbonyl (C=S) groups is 1. The lowest BCUT2D eigenvalue weighted by atomic mass is 10.2. The van der Waals surface area contributed by atoms with Crippen LogP contribution in [0.3, 0.4) is 0 Å². The number of rotatable bonds is 5. The topological polar surface area (TPSA) is 79.6 Å². The number of nitro groups is 1. The van der Waals surface area contributed by atoms with Crippen LogP contribution < -0.4 is 10.7 Å². The molecule has 0 atom stereocenters. The van der Waals surface area contributed by atoms with E-state index in [1.165, 1.54) is 24.0 Å². The van der Waals surface area contributed by atoms with Crippen LogP contribution in [-0.2, 0) is 0 Å². The van der Waals surface area contributed by atoms with Crippen molar-refractivity contribution < 1.29 is 4.92 Å². The van der Waals surface area contributed by atoms with Crippen LogP contribution in [0.2, 0.25) is 0 Å². The molecular weight excluding hydrogens is 344 g/mol. The Morgan fingerprint density at radius 1 is 1.29 bits per heavy atom. The zero-order valence-electron chi connectivity index (χ0n) is 13.1. The molecule has 0 bridgehead atoms. The predicted molar refractivity (Wildman–Crippen MR) is 101 cm³/mol. The van der Waals surface area contributed by atoms with Crippen LogP contribution in [0.15, 0.2) is 57.4 Å². The Hall–Kier alpha value is -2.45. The van der Waals surface area contributed by atoms with Gasteiger partial charge in [-0.1, -0.05) is 35.5 Å². The van der Waals surface area contributed by atoms with E-state index in [0.29, 0.717) is 15.6 Å². The summed E-state index contributed by atoms with van der Waals surface area (Å²) in [6.07, 6.45) is 1.48. The monoisotopic (exact) mass is 360 g/mol. The molecule has 2 aromatic carbocycles. The number of hydrogen-bond donors (Lipinski definition) is 2. The zero-order chi connectivity index (χ0) is 17.5. The number of aryl methyl sites for hydroxylation is 1. The second-order valence-corrected chi connectivity index (χ2v) is 6.37. The van der Waals surface area contributed by atoms with Crippen LogP contribution in [0.5, 0.6) is 0 Å². The van der Waals surface area contributed by atoms with Gasteiger partial charge in [0, 0.05) is 23.6 Å². The minimum Gasteiger partial charge on any atom is -0.364 e. The Balaban J connectivity index is 2.21. The molecule has 0 fully saturated rings. The second kappa shape index (κ2) is 8.42. The maximum atomic E-state index is 11.3. The Morgan fingerprint density at radius 3 is 2.62 bits per heavy atom. The molecule has 0 saturated heterocycles. The molecule has 0 aliphatic carbocycles. The zero-order valence-corrected chi connectivity index (χ0v) is 14.8. The number of nitrogens with one attached hydrogen (secondary N) is 2. The van der Waals surface area contributed by atoms with Crippen LogP contribution in [0.1, 0.15) is 11.1 Å². The summed E-state index contributed by atoms with van der Waals surface area (Å²) < 4.78 is 0. The smallest absolute Gasteiger partial charge is 0.283 e. The quantitative estimate of drug-likeness (QED) is 0.368. The van der Waals surface area contributed by atoms with Gasteiger partial charge in [0.25, 0.3) is 5.69 Å². The summed E-state index contributed by atoms with van der Waals surface area (Å²) in [5, 5.41) is 18.4. The van der Waals surface area contributed by atoms with E-state index >= 15 is 0 Å². The normalized spacial score (nSPS) is 10.6. The van der Waals surface area contributed by atoms with E-state index in [0.717, 1.165) is 10.5 Å². The highest BCUT2D eigenvalue weighted by atomic mass is 32.2. The van der Waals surface area contributed by atoms with Crippen LogP contribution in [0, 0.1) is 17.0 Å². The molecule has 0 aliphatic rings. The lowest BCUT2D eigenvalue weighted by Crippen LogP contribution is -2.28. The van der Waals surface area contributed by atoms with Crippen molar-refractivity contribution in [3.63, 3.8) is 0 Å². The molecule has 0 aliphatic heterocycles. The van der Waals surface area contributed by atoms with Crippen LogP contribution >= 0.6 is 24.0 Å². The first-order valence-electron chi connectivity index (χ1n) is 7.03. The minimum absolute atomic E-state index is 0.0423. The third-order valence-electron chi connectivity index (χ3n) is 3.04. The van der Waals surface area contributed by atoms with Gasteiger partial charge in [-0.2, -0.15) is 5.10 Å². The van der Waals surface area contributed by atoms with Crippen LogP contribution in [-0.4, -0.2) is 23.3 Å². The van der Waals surface area contributed by atoms with Crippen molar-refractivity contribution in [2.75, 3.05) is 7.05 Å². The Labute approximate surface area is 149 Å². The van der Waals surface area contributed by atoms with E-state index in [-0.39, 0.29) is 10.6 Å². The maximum absolute atomic E-state index is 11.3. The van der Waals surface area contributed by atoms with Crippen LogP contribution in [0.25, 0.3) is 0 Å². The molecule has 0 aromatic heterocycles. The lowest BCUT2D eigenvalue weighted by Gasteiger charge is -2.05. The summed E-state index contributed by atoms with van der Waals surface area (Å²) in [7, 11) is 1.67. The van der Waals surface area contributed by atoms with E-state index in [1.54, 1.807) is 19.2 Å². The molecule has 0 saturated carbocycles. The second-order valence-electron chi connectivity index (χ2n) is 4.85. The molecule has 0 spiro atoms. The van der Waals surface area contributed by atoms with Crippen molar-refractivity contribution in [2.24, 2.45) is 5.10 Å². The molecule has 0 heterocycles. The van der Waals surface area contributed by atoms with E-state index < -0.39 is 0 Å². The van der Waals surface area contributed by atoms with Gasteiger partial charge in [-0.3, -0.25) is 15.5 Å². The van der Waals surface area contributed by atoms with Gasteiger partial charge in [-0.25, -0.2) is 0 Å². The van der Waals surface area contributed by atoms with Crippen LogP contribution in [0.4, 0.5) is 5.69 Å². The van der Waals surface area contributed by atoms with Gasteiger partial charge < -0.3 is 5.32 Å². The van der Waals surface area contributed by atoms with Crippen molar-refractivity contribution in [3.8, 4) is 0 Å². The molecule has 124 valence electrons. The molecule has 2 aromatic rings. The molecule has 2 N–H and O–H groups in total. The van der Waals surface area contributed by atoms with Gasteiger partial charge >= 0.3 is 0 Å². The van der Waals surface area contributed by atoms with Crippen molar-refractivity contribution in [1.82, 2.24) is 10.7 Å². The summed E-state index contributed by atoms with van der Waals surface area (Å²) in [4.78, 5) is 12.5. The molecule has 0 radical (unpaired) electrons. The van der Waals surface area contributed by atoms with Gasteiger partial charge in [0.2, 0.25) is 0 Å². The third-order valence-corrected chi connectivity index (χ3v) is 4.40. The molecule has 0 unspecified atom stereocenters. The van der Waals surface area contributed by atoms with E-state index in [1.807, 2.05) is 31.2 Å². The van der Waals surface area contributed by atoms with E-state index in [9.17, 15) is 10.1 Å². The van der Waals surface area contributed by atoms with Gasteiger partial charge in [0.1, 0.15) is 0 Å². The molecular formula is C16H16N4O2S2. The highest BCUT2D eigenvalue weighted by molar-refractivity contribution is 7.99. The van der Waals surface area contributed by atoms with Gasteiger partial charge in [0.05, 0.1) is 16.0 Å². The summed E-state index contributed by atoms with van der Waals surface area (Å²) in [5.74, 6) is 0. The fourth-order valence-corrected chi connectivity index (χ4v) is 2.75. The third kappa shape index (κ3) is 5.04. The Morgan fingerprint density at radius 2 is 2.00 bits per heavy atom. The van der Waals surface area contributed by atoms with Crippen molar-refractivity contribution >= 4 is 41.0 Å². The largest absolute Gasteiger partial charge is 0.364 e. The number of benzene rings is 2. The lowest BCUT2D eigenvalue weighted by molar-refractivity contribution is -0.387. The summed E-state index contributed by atoms with van der Waals surface area (Å²) in [6, 6.07) is 12.8. The Bertz CT molecular complexity index is 776. The first kappa shape index (κ1) is 17.9. The fraction of sp³-hybridized carbons (Fsp3) is 0.125. The molecule has 6 nitrogen and oxygen atoms in total. The Kier molecular flexibility index (Phi) is 6.28. The fourth-order valence-electron chi connectivity index (χ4n) is 1.80. The maximum Gasteiger partial charge on any atom is 0.283 e. The standard InChI is InChI=1S/C16H16N4O2S2/c1-11-3-6-13(7-4-11)24-15-8-5-12(9-14(15)20(21)22)10-18-19-16(23)17-2/h3-10H,1-2H3,(H2,17,19,23). The SMILES string of the molecule is CNC(=S)NN=Cc1ccc(Sc2ccc(C)cc2)c([N+](=O)[O-])c1. The van der Waals surface area contributed by atoms with Gasteiger partial charge in [-0.15, -0.1) is 0 Å². The van der Waals surface area contributed by atoms with Gasteiger partial charge in [-0.05, 0) is 37.3 Å². The van der Waals surface area contributed by atoms with E-state index in [2.05, 4.69) is 15.8 Å². The molecule has 2 rings (SSSR count). The minimum atomic E-state index is -0.389. The number of nitro benzene ring substituents is 1. The average Bonchev–Trinajstić information content (AvgIpc) is 2.57. The van der Waals surface area contributed by atoms with Gasteiger partial charge in [0.15, 0.2) is 5.11 Å². The highest BCUT2D eigenvalue weighted by Crippen LogP contribution is 2.35. The van der Waals surface area contributed by atoms with Crippen molar-refractivity contribution in [1.29, 1.82) is 0 Å². The number of nitrogens with zero attached hydrogens (tertiary/aromatic N) is 2. The number of hydrogen-bond acceptors (Lipinski definition) is 5.